The molecule has 144 valence electrons. The Hall–Kier alpha value is -2.42. The summed E-state index contributed by atoms with van der Waals surface area (Å²) in [5.41, 5.74) is 0. The maximum Gasteiger partial charge on any atom is 0.323 e. The van der Waals surface area contributed by atoms with Crippen molar-refractivity contribution in [2.24, 2.45) is 0 Å². The number of likely N-dealkylation sites (tertiary alicyclic amines) is 1. The van der Waals surface area contributed by atoms with E-state index in [1.165, 1.54) is 24.2 Å². The highest BCUT2D eigenvalue weighted by molar-refractivity contribution is 7.13. The Morgan fingerprint density at radius 3 is 2.44 bits per heavy atom. The zero-order valence-corrected chi connectivity index (χ0v) is 16.5. The molecule has 0 bridgehead atoms. The third-order valence-corrected chi connectivity index (χ3v) is 5.78. The van der Waals surface area contributed by atoms with Crippen LogP contribution in [0.25, 0.3) is 0 Å². The van der Waals surface area contributed by atoms with Crippen LogP contribution in [0.3, 0.4) is 0 Å². The molecule has 0 aromatic carbocycles. The predicted octanol–water partition coefficient (Wildman–Crippen LogP) is 2.66. The Labute approximate surface area is 163 Å². The van der Waals surface area contributed by atoms with Crippen molar-refractivity contribution in [3.63, 3.8) is 0 Å². The number of urea groups is 1. The molecule has 0 atom stereocenters. The molecule has 2 aliphatic rings. The highest BCUT2D eigenvalue weighted by Gasteiger charge is 2.37. The van der Waals surface area contributed by atoms with Gasteiger partial charge in [-0.3, -0.25) is 5.32 Å². The first kappa shape index (κ1) is 18.0. The summed E-state index contributed by atoms with van der Waals surface area (Å²) in [4.78, 5) is 31.8. The van der Waals surface area contributed by atoms with E-state index in [1.54, 1.807) is 12.5 Å². The van der Waals surface area contributed by atoms with Crippen molar-refractivity contribution >= 4 is 34.1 Å². The number of amides is 2. The number of nitrogens with one attached hydrogen (secondary N) is 1. The van der Waals surface area contributed by atoms with Gasteiger partial charge in [0.1, 0.15) is 18.0 Å². The van der Waals surface area contributed by atoms with Crippen LogP contribution in [0.4, 0.5) is 21.6 Å². The molecule has 1 N–H and O–H groups in total. The van der Waals surface area contributed by atoms with Gasteiger partial charge in [-0.1, -0.05) is 0 Å². The second kappa shape index (κ2) is 7.67. The minimum atomic E-state index is -0.0571. The summed E-state index contributed by atoms with van der Waals surface area (Å²) in [5, 5.41) is 5.39. The van der Waals surface area contributed by atoms with E-state index < -0.39 is 0 Å². The average molecular weight is 388 g/mol. The van der Waals surface area contributed by atoms with Crippen LogP contribution in [0.5, 0.6) is 0 Å². The zero-order valence-electron chi connectivity index (χ0n) is 15.7. The SMILES string of the molecule is CN(C)c1cc(N(C2CC2)C2CCN(C(=O)Nc3nccs3)CC2)ncn1. The average Bonchev–Trinajstić information content (AvgIpc) is 3.38. The van der Waals surface area contributed by atoms with Crippen molar-refractivity contribution in [1.29, 1.82) is 0 Å². The van der Waals surface area contributed by atoms with Gasteiger partial charge in [0.25, 0.3) is 0 Å². The molecule has 0 spiro atoms. The summed E-state index contributed by atoms with van der Waals surface area (Å²) in [6.07, 6.45) is 7.67. The number of thiazole rings is 1. The van der Waals surface area contributed by atoms with Gasteiger partial charge in [-0.05, 0) is 25.7 Å². The first-order valence-corrected chi connectivity index (χ1v) is 10.2. The predicted molar refractivity (Wildman–Crippen MR) is 108 cm³/mol. The fourth-order valence-electron chi connectivity index (χ4n) is 3.55. The van der Waals surface area contributed by atoms with Crippen LogP contribution in [0.2, 0.25) is 0 Å². The molecule has 4 rings (SSSR count). The maximum atomic E-state index is 12.4. The topological polar surface area (TPSA) is 77.5 Å². The van der Waals surface area contributed by atoms with E-state index in [0.29, 0.717) is 17.2 Å². The van der Waals surface area contributed by atoms with Crippen molar-refractivity contribution in [3.05, 3.63) is 24.0 Å². The normalized spacial score (nSPS) is 17.6. The van der Waals surface area contributed by atoms with E-state index in [0.717, 1.165) is 37.6 Å². The summed E-state index contributed by atoms with van der Waals surface area (Å²) in [7, 11) is 3.99. The van der Waals surface area contributed by atoms with Gasteiger partial charge >= 0.3 is 6.03 Å². The third-order valence-electron chi connectivity index (χ3n) is 5.09. The molecule has 1 aliphatic heterocycles. The van der Waals surface area contributed by atoms with E-state index >= 15 is 0 Å². The van der Waals surface area contributed by atoms with E-state index in [4.69, 9.17) is 0 Å². The molecule has 0 radical (unpaired) electrons. The lowest BCUT2D eigenvalue weighted by atomic mass is 10.0. The molecule has 1 saturated carbocycles. The summed E-state index contributed by atoms with van der Waals surface area (Å²) in [6.45, 7) is 1.49. The van der Waals surface area contributed by atoms with Crippen molar-refractivity contribution in [3.8, 4) is 0 Å². The van der Waals surface area contributed by atoms with Crippen molar-refractivity contribution < 1.29 is 4.79 Å². The number of rotatable bonds is 5. The Morgan fingerprint density at radius 2 is 1.81 bits per heavy atom. The fourth-order valence-corrected chi connectivity index (χ4v) is 4.07. The van der Waals surface area contributed by atoms with Crippen molar-refractivity contribution in [2.75, 3.05) is 42.3 Å². The summed E-state index contributed by atoms with van der Waals surface area (Å²) in [6, 6.07) is 2.99. The van der Waals surface area contributed by atoms with Crippen LogP contribution in [0.1, 0.15) is 25.7 Å². The minimum Gasteiger partial charge on any atom is -0.363 e. The lowest BCUT2D eigenvalue weighted by Gasteiger charge is -2.39. The molecule has 2 fully saturated rings. The molecule has 3 heterocycles. The summed E-state index contributed by atoms with van der Waals surface area (Å²) in [5.74, 6) is 1.92. The van der Waals surface area contributed by atoms with Gasteiger partial charge in [-0.2, -0.15) is 0 Å². The number of aromatic nitrogens is 3. The Bertz CT molecular complexity index is 770. The van der Waals surface area contributed by atoms with Gasteiger partial charge in [0.2, 0.25) is 0 Å². The first-order chi connectivity index (χ1) is 13.1. The molecular weight excluding hydrogens is 362 g/mol. The number of hydrogen-bond donors (Lipinski definition) is 1. The van der Waals surface area contributed by atoms with Crippen LogP contribution >= 0.6 is 11.3 Å². The van der Waals surface area contributed by atoms with E-state index in [9.17, 15) is 4.79 Å². The Balaban J connectivity index is 1.41. The maximum absolute atomic E-state index is 12.4. The van der Waals surface area contributed by atoms with E-state index in [1.807, 2.05) is 29.3 Å². The molecule has 9 heteroatoms. The molecule has 2 aromatic rings. The van der Waals surface area contributed by atoms with Crippen molar-refractivity contribution in [1.82, 2.24) is 19.9 Å². The standard InChI is InChI=1S/C18H25N7OS/c1-23(2)15-11-16(21-12-20-15)25(13-3-4-13)14-5-8-24(9-6-14)18(26)22-17-19-7-10-27-17/h7,10-14H,3-6,8-9H2,1-2H3,(H,19,22,26). The molecule has 27 heavy (non-hydrogen) atoms. The number of piperidine rings is 1. The Morgan fingerprint density at radius 1 is 1.11 bits per heavy atom. The third kappa shape index (κ3) is 4.13. The zero-order chi connectivity index (χ0) is 18.8. The van der Waals surface area contributed by atoms with E-state index in [-0.39, 0.29) is 6.03 Å². The van der Waals surface area contributed by atoms with Crippen LogP contribution in [0.15, 0.2) is 24.0 Å². The van der Waals surface area contributed by atoms with Gasteiger partial charge in [0.05, 0.1) is 0 Å². The molecule has 1 saturated heterocycles. The molecule has 0 unspecified atom stereocenters. The van der Waals surface area contributed by atoms with Crippen LogP contribution in [-0.2, 0) is 0 Å². The minimum absolute atomic E-state index is 0.0571. The second-order valence-electron chi connectivity index (χ2n) is 7.25. The van der Waals surface area contributed by atoms with Gasteiger partial charge in [-0.25, -0.2) is 19.7 Å². The highest BCUT2D eigenvalue weighted by Crippen LogP contribution is 2.36. The monoisotopic (exact) mass is 387 g/mol. The second-order valence-corrected chi connectivity index (χ2v) is 8.15. The van der Waals surface area contributed by atoms with Gasteiger partial charge in [0.15, 0.2) is 5.13 Å². The lowest BCUT2D eigenvalue weighted by Crippen LogP contribution is -2.49. The highest BCUT2D eigenvalue weighted by atomic mass is 32.1. The number of hydrogen-bond acceptors (Lipinski definition) is 7. The number of carbonyl (C=O) groups excluding carboxylic acids is 1. The summed E-state index contributed by atoms with van der Waals surface area (Å²) < 4.78 is 0. The van der Waals surface area contributed by atoms with Crippen LogP contribution in [0, 0.1) is 0 Å². The summed E-state index contributed by atoms with van der Waals surface area (Å²) >= 11 is 1.44. The molecule has 8 nitrogen and oxygen atoms in total. The lowest BCUT2D eigenvalue weighted by molar-refractivity contribution is 0.193. The van der Waals surface area contributed by atoms with Gasteiger partial charge in [0, 0.05) is 56.9 Å². The number of nitrogens with zero attached hydrogens (tertiary/aromatic N) is 6. The largest absolute Gasteiger partial charge is 0.363 e. The fraction of sp³-hybridized carbons (Fsp3) is 0.556. The van der Waals surface area contributed by atoms with Crippen LogP contribution < -0.4 is 15.1 Å². The van der Waals surface area contributed by atoms with Gasteiger partial charge < -0.3 is 14.7 Å². The van der Waals surface area contributed by atoms with Gasteiger partial charge in [-0.15, -0.1) is 11.3 Å². The molecular formula is C18H25N7OS. The Kier molecular flexibility index (Phi) is 5.11. The molecule has 1 aliphatic carbocycles. The quantitative estimate of drug-likeness (QED) is 0.850. The van der Waals surface area contributed by atoms with E-state index in [2.05, 4.69) is 31.2 Å². The van der Waals surface area contributed by atoms with Crippen LogP contribution in [-0.4, -0.2) is 65.2 Å². The number of carbonyl (C=O) groups is 1. The first-order valence-electron chi connectivity index (χ1n) is 9.35. The smallest absolute Gasteiger partial charge is 0.323 e. The van der Waals surface area contributed by atoms with Crippen molar-refractivity contribution in [2.45, 2.75) is 37.8 Å². The molecule has 2 aromatic heterocycles. The number of anilines is 3. The molecule has 2 amide bonds.